The van der Waals surface area contributed by atoms with Gasteiger partial charge in [-0.15, -0.1) is 0 Å². The molecule has 3 aromatic carbocycles. The van der Waals surface area contributed by atoms with Crippen LogP contribution >= 0.6 is 23.4 Å². The molecule has 1 fully saturated rings. The molecule has 3 aromatic rings. The summed E-state index contributed by atoms with van der Waals surface area (Å²) in [5, 5.41) is 12.7. The lowest BCUT2D eigenvalue weighted by Crippen LogP contribution is -2.19. The summed E-state index contributed by atoms with van der Waals surface area (Å²) >= 11 is 7.62. The number of amidine groups is 1. The van der Waals surface area contributed by atoms with E-state index in [2.05, 4.69) is 10.3 Å². The third-order valence-electron chi connectivity index (χ3n) is 4.85. The number of aromatic carboxylic acids is 1. The van der Waals surface area contributed by atoms with Crippen molar-refractivity contribution in [2.24, 2.45) is 4.99 Å². The highest BCUT2D eigenvalue weighted by Gasteiger charge is 2.24. The molecule has 7 nitrogen and oxygen atoms in total. The van der Waals surface area contributed by atoms with E-state index in [1.54, 1.807) is 42.5 Å². The molecule has 1 saturated heterocycles. The van der Waals surface area contributed by atoms with Crippen LogP contribution in [0.15, 0.2) is 76.6 Å². The second-order valence-electron chi connectivity index (χ2n) is 7.39. The van der Waals surface area contributed by atoms with Crippen LogP contribution in [-0.4, -0.2) is 28.8 Å². The Bertz CT molecular complexity index is 1320. The fraction of sp³-hybridized carbons (Fsp3) is 0.115. The number of amides is 1. The highest BCUT2D eigenvalue weighted by atomic mass is 35.5. The number of carbonyl (C=O) groups is 2. The minimum atomic E-state index is -0.997. The number of aliphatic imine (C=N–C) groups is 1. The highest BCUT2D eigenvalue weighted by Crippen LogP contribution is 2.31. The molecule has 9 heteroatoms. The zero-order valence-electron chi connectivity index (χ0n) is 18.7. The first-order valence-electron chi connectivity index (χ1n) is 10.7. The first-order chi connectivity index (χ1) is 16.9. The lowest BCUT2D eigenvalue weighted by atomic mass is 10.1. The Hall–Kier alpha value is -3.75. The van der Waals surface area contributed by atoms with Gasteiger partial charge in [-0.25, -0.2) is 9.79 Å². The van der Waals surface area contributed by atoms with E-state index in [4.69, 9.17) is 26.2 Å². The number of thioether (sulfide) groups is 1. The van der Waals surface area contributed by atoms with Crippen molar-refractivity contribution in [3.8, 4) is 11.5 Å². The molecule has 0 atom stereocenters. The maximum atomic E-state index is 12.4. The third-order valence-corrected chi connectivity index (χ3v) is 6.06. The molecule has 1 heterocycles. The average Bonchev–Trinajstić information content (AvgIpc) is 3.18. The molecule has 0 bridgehead atoms. The van der Waals surface area contributed by atoms with Crippen molar-refractivity contribution >= 4 is 52.2 Å². The standard InChI is InChI=1S/C26H21ClN2O5S/c1-2-33-20-9-7-19(8-10-20)28-26-29-24(30)23(35-26)14-16-6-11-22(21(27)13-16)34-15-17-4-3-5-18(12-17)25(31)32/h3-14H,2,15H2,1H3,(H,31,32)(H,28,29,30)/b23-14+. The number of halogens is 1. The molecular weight excluding hydrogens is 488 g/mol. The van der Waals surface area contributed by atoms with E-state index < -0.39 is 5.97 Å². The van der Waals surface area contributed by atoms with Crippen LogP contribution in [-0.2, 0) is 11.4 Å². The summed E-state index contributed by atoms with van der Waals surface area (Å²) in [4.78, 5) is 28.5. The van der Waals surface area contributed by atoms with Crippen molar-refractivity contribution in [1.29, 1.82) is 0 Å². The van der Waals surface area contributed by atoms with Crippen LogP contribution in [0, 0.1) is 0 Å². The number of hydrogen-bond acceptors (Lipinski definition) is 6. The number of hydrogen-bond donors (Lipinski definition) is 2. The van der Waals surface area contributed by atoms with E-state index in [9.17, 15) is 9.59 Å². The molecule has 0 spiro atoms. The quantitative estimate of drug-likeness (QED) is 0.367. The summed E-state index contributed by atoms with van der Waals surface area (Å²) in [6.45, 7) is 2.68. The number of nitrogens with zero attached hydrogens (tertiary/aromatic N) is 1. The van der Waals surface area contributed by atoms with Gasteiger partial charge in [0.2, 0.25) is 0 Å². The molecule has 2 N–H and O–H groups in total. The Kier molecular flexibility index (Phi) is 7.74. The van der Waals surface area contributed by atoms with Crippen LogP contribution in [0.3, 0.4) is 0 Å². The van der Waals surface area contributed by atoms with Gasteiger partial charge in [0.05, 0.1) is 27.8 Å². The molecule has 0 unspecified atom stereocenters. The first-order valence-corrected chi connectivity index (χ1v) is 11.9. The average molecular weight is 509 g/mol. The smallest absolute Gasteiger partial charge is 0.335 e. The molecule has 4 rings (SSSR count). The van der Waals surface area contributed by atoms with Gasteiger partial charge in [0.15, 0.2) is 5.17 Å². The predicted molar refractivity (Wildman–Crippen MR) is 138 cm³/mol. The number of nitrogens with one attached hydrogen (secondary N) is 1. The Morgan fingerprint density at radius 3 is 2.63 bits per heavy atom. The second-order valence-corrected chi connectivity index (χ2v) is 8.83. The number of benzene rings is 3. The number of rotatable bonds is 8. The van der Waals surface area contributed by atoms with Crippen molar-refractivity contribution in [3.63, 3.8) is 0 Å². The monoisotopic (exact) mass is 508 g/mol. The maximum absolute atomic E-state index is 12.4. The summed E-state index contributed by atoms with van der Waals surface area (Å²) in [7, 11) is 0. The second kappa shape index (κ2) is 11.1. The largest absolute Gasteiger partial charge is 0.494 e. The minimum Gasteiger partial charge on any atom is -0.494 e. The Balaban J connectivity index is 1.42. The highest BCUT2D eigenvalue weighted by molar-refractivity contribution is 8.18. The molecule has 35 heavy (non-hydrogen) atoms. The lowest BCUT2D eigenvalue weighted by Gasteiger charge is -2.09. The molecular formula is C26H21ClN2O5S. The van der Waals surface area contributed by atoms with Gasteiger partial charge in [0, 0.05) is 0 Å². The van der Waals surface area contributed by atoms with Crippen molar-refractivity contribution in [2.45, 2.75) is 13.5 Å². The van der Waals surface area contributed by atoms with Crippen LogP contribution in [0.1, 0.15) is 28.4 Å². The van der Waals surface area contributed by atoms with Crippen molar-refractivity contribution < 1.29 is 24.2 Å². The molecule has 0 saturated carbocycles. The summed E-state index contributed by atoms with van der Waals surface area (Å²) < 4.78 is 11.2. The topological polar surface area (TPSA) is 97.2 Å². The summed E-state index contributed by atoms with van der Waals surface area (Å²) in [5.74, 6) is -0.0210. The Morgan fingerprint density at radius 1 is 1.11 bits per heavy atom. The summed E-state index contributed by atoms with van der Waals surface area (Å²) in [6.07, 6.45) is 1.73. The molecule has 1 aliphatic rings. The van der Waals surface area contributed by atoms with Gasteiger partial charge in [-0.3, -0.25) is 4.79 Å². The van der Waals surface area contributed by atoms with Gasteiger partial charge in [-0.2, -0.15) is 0 Å². The molecule has 178 valence electrons. The third kappa shape index (κ3) is 6.44. The normalized spacial score (nSPS) is 15.3. The predicted octanol–water partition coefficient (Wildman–Crippen LogP) is 5.91. The minimum absolute atomic E-state index is 0.172. The van der Waals surface area contributed by atoms with E-state index in [0.717, 1.165) is 11.3 Å². The molecule has 0 aromatic heterocycles. The number of ether oxygens (including phenoxy) is 2. The molecule has 1 amide bonds. The van der Waals surface area contributed by atoms with E-state index >= 15 is 0 Å². The zero-order valence-corrected chi connectivity index (χ0v) is 20.2. The van der Waals surface area contributed by atoms with Gasteiger partial charge < -0.3 is 19.9 Å². The Labute approximate surface area is 211 Å². The van der Waals surface area contributed by atoms with Crippen molar-refractivity contribution in [3.05, 3.63) is 93.3 Å². The van der Waals surface area contributed by atoms with Crippen molar-refractivity contribution in [1.82, 2.24) is 5.32 Å². The van der Waals surface area contributed by atoms with Gasteiger partial charge in [-0.05, 0) is 84.4 Å². The van der Waals surface area contributed by atoms with Crippen molar-refractivity contribution in [2.75, 3.05) is 6.61 Å². The fourth-order valence-corrected chi connectivity index (χ4v) is 4.30. The van der Waals surface area contributed by atoms with Crippen LogP contribution in [0.4, 0.5) is 5.69 Å². The van der Waals surface area contributed by atoms with E-state index in [0.29, 0.717) is 38.7 Å². The number of carbonyl (C=O) groups excluding carboxylic acids is 1. The molecule has 0 radical (unpaired) electrons. The molecule has 0 aliphatic carbocycles. The van der Waals surface area contributed by atoms with E-state index in [1.165, 1.54) is 17.8 Å². The van der Waals surface area contributed by atoms with Gasteiger partial charge in [0.1, 0.15) is 18.1 Å². The fourth-order valence-electron chi connectivity index (χ4n) is 3.21. The first kappa shape index (κ1) is 24.4. The Morgan fingerprint density at radius 2 is 1.91 bits per heavy atom. The number of carboxylic acid groups (broad SMARTS) is 1. The summed E-state index contributed by atoms with van der Waals surface area (Å²) in [5.41, 5.74) is 2.34. The van der Waals surface area contributed by atoms with Gasteiger partial charge in [0.25, 0.3) is 5.91 Å². The van der Waals surface area contributed by atoms with Crippen LogP contribution in [0.5, 0.6) is 11.5 Å². The van der Waals surface area contributed by atoms with E-state index in [-0.39, 0.29) is 18.1 Å². The van der Waals surface area contributed by atoms with Gasteiger partial charge >= 0.3 is 5.97 Å². The van der Waals surface area contributed by atoms with Crippen LogP contribution in [0.2, 0.25) is 5.02 Å². The van der Waals surface area contributed by atoms with Crippen LogP contribution < -0.4 is 14.8 Å². The lowest BCUT2D eigenvalue weighted by molar-refractivity contribution is -0.115. The van der Waals surface area contributed by atoms with Gasteiger partial charge in [-0.1, -0.05) is 29.8 Å². The zero-order chi connectivity index (χ0) is 24.8. The SMILES string of the molecule is CCOc1ccc(N=C2NC(=O)/C(=C\c3ccc(OCc4cccc(C(=O)O)c4)c(Cl)c3)S2)cc1. The summed E-state index contributed by atoms with van der Waals surface area (Å²) in [6, 6.07) is 19.0. The van der Waals surface area contributed by atoms with Crippen LogP contribution in [0.25, 0.3) is 6.08 Å². The number of carboxylic acids is 1. The molecule has 1 aliphatic heterocycles. The van der Waals surface area contributed by atoms with E-state index in [1.807, 2.05) is 31.2 Å². The maximum Gasteiger partial charge on any atom is 0.335 e.